The number of aromatic nitrogens is 1. The number of phenolic OH excluding ortho intramolecular Hbond substituents is 1. The van der Waals surface area contributed by atoms with Crippen LogP contribution in [-0.2, 0) is 11.8 Å². The van der Waals surface area contributed by atoms with Gasteiger partial charge in [0.2, 0.25) is 0 Å². The normalized spacial score (nSPS) is 9.43. The van der Waals surface area contributed by atoms with E-state index in [4.69, 9.17) is 4.74 Å². The van der Waals surface area contributed by atoms with Crippen LogP contribution < -0.4 is 44.1 Å². The van der Waals surface area contributed by atoms with Gasteiger partial charge in [-0.05, 0) is 12.1 Å². The molecule has 0 unspecified atom stereocenters. The van der Waals surface area contributed by atoms with E-state index in [0.717, 1.165) is 0 Å². The topological polar surface area (TPSA) is 91.5 Å². The SMILES string of the molecule is C[n+]1ccc(C(=O)NNC(=O)COc2ccccc2O)cc1.[I-]. The highest BCUT2D eigenvalue weighted by Crippen LogP contribution is 2.23. The molecule has 0 atom stereocenters. The van der Waals surface area contributed by atoms with Crippen molar-refractivity contribution < 1.29 is 48.0 Å². The van der Waals surface area contributed by atoms with Crippen LogP contribution in [0.15, 0.2) is 48.8 Å². The number of nitrogens with zero attached hydrogens (tertiary/aromatic N) is 1. The fourth-order valence-corrected chi connectivity index (χ4v) is 1.61. The van der Waals surface area contributed by atoms with Crippen molar-refractivity contribution in [3.8, 4) is 11.5 Å². The summed E-state index contributed by atoms with van der Waals surface area (Å²) in [6.45, 7) is -0.332. The van der Waals surface area contributed by atoms with Gasteiger partial charge in [0, 0.05) is 12.1 Å². The molecule has 7 nitrogen and oxygen atoms in total. The summed E-state index contributed by atoms with van der Waals surface area (Å²) < 4.78 is 6.92. The fourth-order valence-electron chi connectivity index (χ4n) is 1.61. The standard InChI is InChI=1S/C15H15N3O4.HI/c1-18-8-6-11(7-9-18)15(21)17-16-14(20)10-22-13-5-3-2-4-12(13)19;/h2-9,19,21H,10H2,1H3;1H. The molecule has 0 bridgehead atoms. The predicted molar refractivity (Wildman–Crippen MR) is 76.8 cm³/mol. The highest BCUT2D eigenvalue weighted by atomic mass is 127. The molecule has 0 saturated carbocycles. The number of hydrogen-bond donors (Lipinski definition) is 3. The second-order valence-corrected chi connectivity index (χ2v) is 4.51. The molecule has 1 heterocycles. The minimum atomic E-state index is -0.543. The molecule has 2 amide bonds. The smallest absolute Gasteiger partial charge is 0.276 e. The second-order valence-electron chi connectivity index (χ2n) is 4.51. The molecule has 0 aliphatic heterocycles. The molecule has 0 aliphatic rings. The van der Waals surface area contributed by atoms with Crippen molar-refractivity contribution in [1.82, 2.24) is 10.9 Å². The van der Waals surface area contributed by atoms with E-state index in [9.17, 15) is 14.7 Å². The van der Waals surface area contributed by atoms with Crippen molar-refractivity contribution in [2.24, 2.45) is 7.05 Å². The average molecular weight is 429 g/mol. The largest absolute Gasteiger partial charge is 1.00 e. The molecule has 8 heteroatoms. The van der Waals surface area contributed by atoms with Crippen LogP contribution in [0, 0.1) is 0 Å². The molecule has 1 aromatic heterocycles. The van der Waals surface area contributed by atoms with E-state index < -0.39 is 11.8 Å². The van der Waals surface area contributed by atoms with Crippen LogP contribution in [0.1, 0.15) is 10.4 Å². The monoisotopic (exact) mass is 429 g/mol. The third-order valence-electron chi connectivity index (χ3n) is 2.78. The third kappa shape index (κ3) is 5.74. The van der Waals surface area contributed by atoms with Gasteiger partial charge in [-0.1, -0.05) is 12.1 Å². The molecule has 2 aromatic rings. The molecular formula is C15H16IN3O4. The predicted octanol–water partition coefficient (Wildman–Crippen LogP) is -2.94. The summed E-state index contributed by atoms with van der Waals surface area (Å²) >= 11 is 0. The van der Waals surface area contributed by atoms with Gasteiger partial charge in [0.15, 0.2) is 30.5 Å². The first kappa shape index (κ1) is 18.7. The summed E-state index contributed by atoms with van der Waals surface area (Å²) in [4.78, 5) is 23.4. The summed E-state index contributed by atoms with van der Waals surface area (Å²) in [6.07, 6.45) is 3.44. The Bertz CT molecular complexity index is 677. The summed E-state index contributed by atoms with van der Waals surface area (Å²) in [7, 11) is 1.83. The Labute approximate surface area is 150 Å². The minimum absolute atomic E-state index is 0. The fraction of sp³-hybridized carbons (Fsp3) is 0.133. The zero-order valence-corrected chi connectivity index (χ0v) is 14.5. The number of amides is 2. The van der Waals surface area contributed by atoms with Gasteiger partial charge in [-0.15, -0.1) is 0 Å². The number of rotatable bonds is 4. The van der Waals surface area contributed by atoms with Crippen LogP contribution in [0.3, 0.4) is 0 Å². The Morgan fingerprint density at radius 1 is 1.13 bits per heavy atom. The number of carbonyl (C=O) groups is 2. The van der Waals surface area contributed by atoms with Gasteiger partial charge >= 0.3 is 0 Å². The van der Waals surface area contributed by atoms with Crippen LogP contribution in [0.4, 0.5) is 0 Å². The second kappa shape index (κ2) is 8.93. The van der Waals surface area contributed by atoms with Gasteiger partial charge in [0.05, 0.1) is 5.56 Å². The van der Waals surface area contributed by atoms with Crippen molar-refractivity contribution in [3.63, 3.8) is 0 Å². The van der Waals surface area contributed by atoms with E-state index in [1.54, 1.807) is 41.2 Å². The number of carbonyl (C=O) groups excluding carboxylic acids is 2. The molecule has 122 valence electrons. The first-order valence-electron chi connectivity index (χ1n) is 6.51. The number of hydrogen-bond acceptors (Lipinski definition) is 4. The molecule has 0 fully saturated rings. The van der Waals surface area contributed by atoms with E-state index in [2.05, 4.69) is 10.9 Å². The first-order chi connectivity index (χ1) is 10.6. The molecule has 0 saturated heterocycles. The van der Waals surface area contributed by atoms with Gasteiger partial charge < -0.3 is 33.8 Å². The molecule has 1 aromatic carbocycles. The number of aromatic hydroxyl groups is 1. The molecule has 23 heavy (non-hydrogen) atoms. The molecule has 0 spiro atoms. The molecule has 0 aliphatic carbocycles. The Morgan fingerprint density at radius 2 is 1.78 bits per heavy atom. The van der Waals surface area contributed by atoms with Crippen molar-refractivity contribution >= 4 is 11.8 Å². The van der Waals surface area contributed by atoms with Crippen LogP contribution in [0.2, 0.25) is 0 Å². The van der Waals surface area contributed by atoms with Crippen LogP contribution >= 0.6 is 0 Å². The maximum absolute atomic E-state index is 11.8. The molecular weight excluding hydrogens is 413 g/mol. The number of ether oxygens (including phenoxy) is 1. The van der Waals surface area contributed by atoms with Gasteiger partial charge in [0.1, 0.15) is 7.05 Å². The van der Waals surface area contributed by atoms with E-state index in [1.165, 1.54) is 12.1 Å². The minimum Gasteiger partial charge on any atom is -1.00 e. The number of halogens is 1. The highest BCUT2D eigenvalue weighted by Gasteiger charge is 2.09. The number of phenols is 1. The van der Waals surface area contributed by atoms with E-state index in [1.807, 2.05) is 7.05 Å². The van der Waals surface area contributed by atoms with Crippen molar-refractivity contribution in [1.29, 1.82) is 0 Å². The van der Waals surface area contributed by atoms with Crippen LogP contribution in [-0.4, -0.2) is 23.5 Å². The molecule has 0 radical (unpaired) electrons. The van der Waals surface area contributed by atoms with Gasteiger partial charge in [-0.25, -0.2) is 4.57 Å². The summed E-state index contributed by atoms with van der Waals surface area (Å²) in [5, 5.41) is 9.48. The van der Waals surface area contributed by atoms with Crippen LogP contribution in [0.5, 0.6) is 11.5 Å². The van der Waals surface area contributed by atoms with E-state index in [-0.39, 0.29) is 42.1 Å². The van der Waals surface area contributed by atoms with E-state index in [0.29, 0.717) is 5.56 Å². The lowest BCUT2D eigenvalue weighted by atomic mass is 10.2. The number of hydrazine groups is 1. The number of aryl methyl sites for hydroxylation is 1. The Kier molecular flexibility index (Phi) is 7.26. The zero-order valence-electron chi connectivity index (χ0n) is 12.3. The lowest BCUT2D eigenvalue weighted by molar-refractivity contribution is -0.671. The van der Waals surface area contributed by atoms with Gasteiger partial charge in [-0.3, -0.25) is 20.4 Å². The van der Waals surface area contributed by atoms with Crippen molar-refractivity contribution in [3.05, 3.63) is 54.4 Å². The third-order valence-corrected chi connectivity index (χ3v) is 2.78. The van der Waals surface area contributed by atoms with Gasteiger partial charge in [0.25, 0.3) is 11.8 Å². The lowest BCUT2D eigenvalue weighted by Crippen LogP contribution is -3.00. The van der Waals surface area contributed by atoms with Crippen molar-refractivity contribution in [2.45, 2.75) is 0 Å². The highest BCUT2D eigenvalue weighted by molar-refractivity contribution is 5.95. The van der Waals surface area contributed by atoms with Crippen LogP contribution in [0.25, 0.3) is 0 Å². The zero-order chi connectivity index (χ0) is 15.9. The van der Waals surface area contributed by atoms with Gasteiger partial charge in [-0.2, -0.15) is 0 Å². The maximum Gasteiger partial charge on any atom is 0.276 e. The lowest BCUT2D eigenvalue weighted by Gasteiger charge is -2.09. The number of nitrogens with one attached hydrogen (secondary N) is 2. The summed E-state index contributed by atoms with van der Waals surface area (Å²) in [5.41, 5.74) is 4.93. The van der Waals surface area contributed by atoms with Crippen molar-refractivity contribution in [2.75, 3.05) is 6.61 Å². The summed E-state index contributed by atoms with van der Waals surface area (Å²) in [5.74, 6) is -0.842. The Balaban J connectivity index is 0.00000264. The summed E-state index contributed by atoms with van der Waals surface area (Å²) in [6, 6.07) is 9.54. The Hall–Kier alpha value is -2.36. The first-order valence-corrected chi connectivity index (χ1v) is 6.51. The average Bonchev–Trinajstić information content (AvgIpc) is 2.52. The van der Waals surface area contributed by atoms with E-state index >= 15 is 0 Å². The number of pyridine rings is 1. The maximum atomic E-state index is 11.8. The molecule has 2 rings (SSSR count). The number of para-hydroxylation sites is 2. The quantitative estimate of drug-likeness (QED) is 0.276. The Morgan fingerprint density at radius 3 is 2.43 bits per heavy atom. The molecule has 3 N–H and O–H groups in total. The number of benzene rings is 1.